The molecule has 1 unspecified atom stereocenters. The van der Waals surface area contributed by atoms with Crippen molar-refractivity contribution >= 4 is 23.2 Å². The fraction of sp³-hybridized carbons (Fsp3) is 0.0789. The number of halogens is 2. The van der Waals surface area contributed by atoms with Crippen LogP contribution in [0, 0.1) is 0 Å². The maximum Gasteiger partial charge on any atom is 0.107 e. The van der Waals surface area contributed by atoms with Crippen molar-refractivity contribution in [2.45, 2.75) is 19.3 Å². The van der Waals surface area contributed by atoms with E-state index in [1.54, 1.807) is 42.7 Å². The summed E-state index contributed by atoms with van der Waals surface area (Å²) < 4.78 is 5.90. The molecule has 1 atom stereocenters. The van der Waals surface area contributed by atoms with Gasteiger partial charge in [0.05, 0.1) is 13.2 Å². The van der Waals surface area contributed by atoms with Gasteiger partial charge in [0.15, 0.2) is 0 Å². The highest BCUT2D eigenvalue weighted by Gasteiger charge is 2.14. The second kappa shape index (κ2) is 15.3. The zero-order valence-corrected chi connectivity index (χ0v) is 25.0. The highest BCUT2D eigenvalue weighted by Crippen LogP contribution is 2.30. The molecule has 5 aromatic carbocycles. The summed E-state index contributed by atoms with van der Waals surface area (Å²) in [5.74, 6) is 0. The lowest BCUT2D eigenvalue weighted by molar-refractivity contribution is 0.107. The Hall–Kier alpha value is -4.25. The zero-order chi connectivity index (χ0) is 29.9. The Morgan fingerprint density at radius 2 is 1.09 bits per heavy atom. The fourth-order valence-electron chi connectivity index (χ4n) is 4.58. The second-order valence-corrected chi connectivity index (χ2v) is 10.8. The summed E-state index contributed by atoms with van der Waals surface area (Å²) in [6, 6.07) is 46.6. The first-order chi connectivity index (χ1) is 21.1. The average Bonchev–Trinajstić information content (AvgIpc) is 3.07. The van der Waals surface area contributed by atoms with Gasteiger partial charge in [-0.25, -0.2) is 0 Å². The molecule has 1 aromatic heterocycles. The molecule has 214 valence electrons. The van der Waals surface area contributed by atoms with E-state index in [1.165, 1.54) is 33.4 Å². The minimum atomic E-state index is -0.779. The molecule has 6 aromatic rings. The molecule has 5 heteroatoms. The van der Waals surface area contributed by atoms with Gasteiger partial charge < -0.3 is 9.84 Å². The van der Waals surface area contributed by atoms with E-state index in [0.717, 1.165) is 0 Å². The molecule has 0 aliphatic carbocycles. The lowest BCUT2D eigenvalue weighted by Gasteiger charge is -2.12. The van der Waals surface area contributed by atoms with Gasteiger partial charge in [-0.3, -0.25) is 4.98 Å². The van der Waals surface area contributed by atoms with E-state index in [1.807, 2.05) is 12.1 Å². The third-order valence-corrected chi connectivity index (χ3v) is 7.48. The van der Waals surface area contributed by atoms with Crippen LogP contribution >= 0.6 is 23.2 Å². The van der Waals surface area contributed by atoms with Crippen molar-refractivity contribution in [3.63, 3.8) is 0 Å². The normalized spacial score (nSPS) is 11.3. The standard InChI is InChI=1S/C26H22O.C12H9Cl2NO/c1-3-7-23(8-4-1)25-15-11-21(12-16-25)19-27-20-22-13-17-26(18-14-22)24-9-5-2-6-10-24;13-9-3-4-10(11(14)6-9)12(16)8-2-1-5-15-7-8/h1-18H,19-20H2;1-7,12,16H. The minimum Gasteiger partial charge on any atom is -0.384 e. The molecule has 0 aliphatic rings. The van der Waals surface area contributed by atoms with Crippen LogP contribution < -0.4 is 0 Å². The first-order valence-electron chi connectivity index (χ1n) is 14.0. The quantitative estimate of drug-likeness (QED) is 0.188. The number of benzene rings is 5. The van der Waals surface area contributed by atoms with Crippen LogP contribution in [0.3, 0.4) is 0 Å². The summed E-state index contributed by atoms with van der Waals surface area (Å²) in [7, 11) is 0. The van der Waals surface area contributed by atoms with E-state index in [4.69, 9.17) is 27.9 Å². The monoisotopic (exact) mass is 603 g/mol. The lowest BCUT2D eigenvalue weighted by Crippen LogP contribution is -2.00. The predicted octanol–water partition coefficient (Wildman–Crippen LogP) is 10.2. The SMILES string of the molecule is OC(c1cccnc1)c1ccc(Cl)cc1Cl.c1ccc(-c2ccc(COCc3ccc(-c4ccccc4)cc3)cc2)cc1. The molecule has 0 bridgehead atoms. The zero-order valence-electron chi connectivity index (χ0n) is 23.5. The van der Waals surface area contributed by atoms with Crippen LogP contribution in [0.5, 0.6) is 0 Å². The second-order valence-electron chi connectivity index (χ2n) is 9.97. The van der Waals surface area contributed by atoms with Crippen LogP contribution in [0.4, 0.5) is 0 Å². The van der Waals surface area contributed by atoms with Crippen molar-refractivity contribution in [3.05, 3.63) is 184 Å². The van der Waals surface area contributed by atoms with Crippen LogP contribution in [-0.2, 0) is 18.0 Å². The minimum absolute atomic E-state index is 0.448. The van der Waals surface area contributed by atoms with Gasteiger partial charge in [0.2, 0.25) is 0 Å². The van der Waals surface area contributed by atoms with Gasteiger partial charge in [-0.2, -0.15) is 0 Å². The van der Waals surface area contributed by atoms with Crippen LogP contribution in [-0.4, -0.2) is 10.1 Å². The molecule has 6 rings (SSSR count). The number of hydrogen-bond acceptors (Lipinski definition) is 3. The number of aromatic nitrogens is 1. The van der Waals surface area contributed by atoms with Crippen molar-refractivity contribution in [2.24, 2.45) is 0 Å². The van der Waals surface area contributed by atoms with Crippen molar-refractivity contribution in [3.8, 4) is 22.3 Å². The molecule has 3 nitrogen and oxygen atoms in total. The number of ether oxygens (including phenoxy) is 1. The van der Waals surface area contributed by atoms with Crippen LogP contribution in [0.2, 0.25) is 10.0 Å². The Bertz CT molecular complexity index is 1610. The molecule has 1 heterocycles. The van der Waals surface area contributed by atoms with Gasteiger partial charge in [0.25, 0.3) is 0 Å². The van der Waals surface area contributed by atoms with Crippen molar-refractivity contribution in [2.75, 3.05) is 0 Å². The maximum absolute atomic E-state index is 10.1. The molecule has 0 aliphatic heterocycles. The topological polar surface area (TPSA) is 42.4 Å². The smallest absolute Gasteiger partial charge is 0.107 e. The number of hydrogen-bond donors (Lipinski definition) is 1. The highest BCUT2D eigenvalue weighted by molar-refractivity contribution is 6.35. The molecule has 0 saturated carbocycles. The van der Waals surface area contributed by atoms with Gasteiger partial charge in [-0.05, 0) is 51.6 Å². The van der Waals surface area contributed by atoms with Gasteiger partial charge in [0.1, 0.15) is 6.10 Å². The van der Waals surface area contributed by atoms with E-state index >= 15 is 0 Å². The largest absolute Gasteiger partial charge is 0.384 e. The Labute approximate surface area is 263 Å². The molecule has 0 fully saturated rings. The third-order valence-electron chi connectivity index (χ3n) is 6.92. The maximum atomic E-state index is 10.1. The van der Waals surface area contributed by atoms with Crippen LogP contribution in [0.15, 0.2) is 152 Å². The van der Waals surface area contributed by atoms with Gasteiger partial charge >= 0.3 is 0 Å². The molecular formula is C38H31Cl2NO2. The van der Waals surface area contributed by atoms with E-state index < -0.39 is 6.10 Å². The van der Waals surface area contributed by atoms with Crippen molar-refractivity contribution in [1.82, 2.24) is 4.98 Å². The summed E-state index contributed by atoms with van der Waals surface area (Å²) in [5.41, 5.74) is 8.65. The molecule has 1 N–H and O–H groups in total. The Kier molecular flexibility index (Phi) is 10.7. The number of pyridine rings is 1. The highest BCUT2D eigenvalue weighted by atomic mass is 35.5. The molecule has 0 amide bonds. The van der Waals surface area contributed by atoms with E-state index in [-0.39, 0.29) is 0 Å². The number of nitrogens with zero attached hydrogens (tertiary/aromatic N) is 1. The molecule has 0 spiro atoms. The molecule has 0 saturated heterocycles. The molecule has 0 radical (unpaired) electrons. The van der Waals surface area contributed by atoms with E-state index in [0.29, 0.717) is 34.4 Å². The van der Waals surface area contributed by atoms with Crippen LogP contribution in [0.25, 0.3) is 22.3 Å². The molecular weight excluding hydrogens is 573 g/mol. The first-order valence-corrected chi connectivity index (χ1v) is 14.7. The summed E-state index contributed by atoms with van der Waals surface area (Å²) in [6.45, 7) is 1.24. The van der Waals surface area contributed by atoms with Crippen molar-refractivity contribution in [1.29, 1.82) is 0 Å². The van der Waals surface area contributed by atoms with E-state index in [2.05, 4.69) is 102 Å². The van der Waals surface area contributed by atoms with Gasteiger partial charge in [-0.1, -0.05) is 145 Å². The average molecular weight is 605 g/mol. The van der Waals surface area contributed by atoms with Crippen molar-refractivity contribution < 1.29 is 9.84 Å². The molecule has 43 heavy (non-hydrogen) atoms. The Morgan fingerprint density at radius 1 is 0.581 bits per heavy atom. The Morgan fingerprint density at radius 3 is 1.56 bits per heavy atom. The number of aliphatic hydroxyl groups is 1. The summed E-state index contributed by atoms with van der Waals surface area (Å²) in [4.78, 5) is 3.95. The van der Waals surface area contributed by atoms with Gasteiger partial charge in [-0.15, -0.1) is 0 Å². The fourth-order valence-corrected chi connectivity index (χ4v) is 5.09. The van der Waals surface area contributed by atoms with Crippen LogP contribution in [0.1, 0.15) is 28.4 Å². The van der Waals surface area contributed by atoms with E-state index in [9.17, 15) is 5.11 Å². The van der Waals surface area contributed by atoms with Gasteiger partial charge in [0, 0.05) is 33.6 Å². The first kappa shape index (κ1) is 30.2. The number of aliphatic hydroxyl groups excluding tert-OH is 1. The lowest BCUT2D eigenvalue weighted by atomic mass is 10.0. The summed E-state index contributed by atoms with van der Waals surface area (Å²) in [5, 5.41) is 11.1. The summed E-state index contributed by atoms with van der Waals surface area (Å²) >= 11 is 11.8. The number of rotatable bonds is 8. The Balaban J connectivity index is 0.000000196. The summed E-state index contributed by atoms with van der Waals surface area (Å²) in [6.07, 6.45) is 2.48. The predicted molar refractivity (Wildman–Crippen MR) is 177 cm³/mol. The third kappa shape index (κ3) is 8.63.